The van der Waals surface area contributed by atoms with E-state index in [1.54, 1.807) is 6.07 Å². The van der Waals surface area contributed by atoms with Gasteiger partial charge < -0.3 is 15.9 Å². The normalized spacial score (nSPS) is 10.3. The lowest BCUT2D eigenvalue weighted by Gasteiger charge is -2.13. The van der Waals surface area contributed by atoms with E-state index in [1.165, 1.54) is 6.21 Å². The first-order valence-electron chi connectivity index (χ1n) is 4.62. The van der Waals surface area contributed by atoms with E-state index in [4.69, 9.17) is 15.9 Å². The SMILES string of the molecule is Cc1cc(N)c(C=N)cc1OC(C)C.[HH]. The van der Waals surface area contributed by atoms with Crippen LogP contribution in [0, 0.1) is 12.3 Å². The first-order chi connectivity index (χ1) is 6.54. The maximum absolute atomic E-state index is 7.17. The molecule has 0 saturated carbocycles. The molecule has 1 aromatic rings. The van der Waals surface area contributed by atoms with Crippen molar-refractivity contribution in [2.75, 3.05) is 5.73 Å². The van der Waals surface area contributed by atoms with Gasteiger partial charge in [0.05, 0.1) is 6.10 Å². The minimum atomic E-state index is 0. The van der Waals surface area contributed by atoms with Crippen molar-refractivity contribution < 1.29 is 6.16 Å². The van der Waals surface area contributed by atoms with Crippen LogP contribution in [0.3, 0.4) is 0 Å². The second-order valence-corrected chi connectivity index (χ2v) is 3.56. The minimum absolute atomic E-state index is 0. The average Bonchev–Trinajstić information content (AvgIpc) is 2.09. The van der Waals surface area contributed by atoms with Gasteiger partial charge in [-0.1, -0.05) is 0 Å². The fraction of sp³-hybridized carbons (Fsp3) is 0.364. The summed E-state index contributed by atoms with van der Waals surface area (Å²) in [6, 6.07) is 3.63. The summed E-state index contributed by atoms with van der Waals surface area (Å²) in [6.07, 6.45) is 1.37. The van der Waals surface area contributed by atoms with Crippen molar-refractivity contribution in [3.05, 3.63) is 23.3 Å². The third kappa shape index (κ3) is 2.25. The van der Waals surface area contributed by atoms with Crippen LogP contribution in [0.25, 0.3) is 0 Å². The number of nitrogens with two attached hydrogens (primary N) is 1. The van der Waals surface area contributed by atoms with Crippen molar-refractivity contribution in [1.29, 1.82) is 5.41 Å². The molecule has 0 aromatic heterocycles. The Labute approximate surface area is 85.9 Å². The van der Waals surface area contributed by atoms with Crippen molar-refractivity contribution in [2.45, 2.75) is 26.9 Å². The zero-order valence-corrected chi connectivity index (χ0v) is 8.79. The molecule has 0 bridgehead atoms. The highest BCUT2D eigenvalue weighted by Gasteiger charge is 2.05. The zero-order chi connectivity index (χ0) is 10.7. The molecule has 14 heavy (non-hydrogen) atoms. The number of hydrogen-bond donors (Lipinski definition) is 2. The number of rotatable bonds is 3. The molecule has 0 aliphatic rings. The van der Waals surface area contributed by atoms with Crippen molar-refractivity contribution in [3.63, 3.8) is 0 Å². The number of benzene rings is 1. The Kier molecular flexibility index (Phi) is 3.12. The van der Waals surface area contributed by atoms with Gasteiger partial charge >= 0.3 is 0 Å². The molecule has 0 fully saturated rings. The smallest absolute Gasteiger partial charge is 0.123 e. The molecule has 0 unspecified atom stereocenters. The average molecular weight is 194 g/mol. The summed E-state index contributed by atoms with van der Waals surface area (Å²) in [7, 11) is 0. The van der Waals surface area contributed by atoms with E-state index < -0.39 is 0 Å². The summed E-state index contributed by atoms with van der Waals surface area (Å²) in [5.74, 6) is 0.799. The van der Waals surface area contributed by atoms with Crippen molar-refractivity contribution in [3.8, 4) is 5.75 Å². The highest BCUT2D eigenvalue weighted by molar-refractivity contribution is 5.86. The molecular formula is C11H18N2O. The van der Waals surface area contributed by atoms with Gasteiger partial charge in [-0.3, -0.25) is 0 Å². The number of ether oxygens (including phenoxy) is 1. The Morgan fingerprint density at radius 1 is 1.50 bits per heavy atom. The van der Waals surface area contributed by atoms with E-state index >= 15 is 0 Å². The van der Waals surface area contributed by atoms with Gasteiger partial charge in [0, 0.05) is 18.9 Å². The number of anilines is 1. The number of nitrogen functional groups attached to an aromatic ring is 1. The van der Waals surface area contributed by atoms with Gasteiger partial charge in [-0.05, 0) is 38.5 Å². The van der Waals surface area contributed by atoms with Crippen LogP contribution in [0.4, 0.5) is 5.69 Å². The summed E-state index contributed by atoms with van der Waals surface area (Å²) in [5, 5.41) is 7.17. The molecular weight excluding hydrogens is 176 g/mol. The summed E-state index contributed by atoms with van der Waals surface area (Å²) in [5.41, 5.74) is 8.05. The Bertz CT molecular complexity index is 351. The van der Waals surface area contributed by atoms with E-state index in [0.29, 0.717) is 11.3 Å². The topological polar surface area (TPSA) is 59.1 Å². The predicted octanol–water partition coefficient (Wildman–Crippen LogP) is 2.61. The Hall–Kier alpha value is -1.51. The Morgan fingerprint density at radius 2 is 2.14 bits per heavy atom. The van der Waals surface area contributed by atoms with Crippen LogP contribution >= 0.6 is 0 Å². The molecule has 0 radical (unpaired) electrons. The van der Waals surface area contributed by atoms with E-state index in [-0.39, 0.29) is 7.53 Å². The first kappa shape index (κ1) is 10.6. The fourth-order valence-corrected chi connectivity index (χ4v) is 1.23. The summed E-state index contributed by atoms with van der Waals surface area (Å²) in [6.45, 7) is 5.89. The largest absolute Gasteiger partial charge is 0.491 e. The van der Waals surface area contributed by atoms with Gasteiger partial charge in [0.25, 0.3) is 0 Å². The van der Waals surface area contributed by atoms with Crippen molar-refractivity contribution in [2.24, 2.45) is 0 Å². The van der Waals surface area contributed by atoms with Gasteiger partial charge in [-0.25, -0.2) is 0 Å². The first-order valence-corrected chi connectivity index (χ1v) is 4.62. The minimum Gasteiger partial charge on any atom is -0.491 e. The van der Waals surface area contributed by atoms with Gasteiger partial charge in [0.15, 0.2) is 0 Å². The predicted molar refractivity (Wildman–Crippen MR) is 61.4 cm³/mol. The molecule has 0 spiro atoms. The number of hydrogen-bond acceptors (Lipinski definition) is 3. The molecule has 0 heterocycles. The van der Waals surface area contributed by atoms with Crippen LogP contribution in [-0.2, 0) is 0 Å². The molecule has 3 nitrogen and oxygen atoms in total. The van der Waals surface area contributed by atoms with Crippen LogP contribution < -0.4 is 10.5 Å². The summed E-state index contributed by atoms with van der Waals surface area (Å²) < 4.78 is 5.58. The van der Waals surface area contributed by atoms with E-state index in [0.717, 1.165) is 11.3 Å². The van der Waals surface area contributed by atoms with Gasteiger partial charge in [-0.15, -0.1) is 0 Å². The molecule has 0 aliphatic heterocycles. The molecule has 0 amide bonds. The lowest BCUT2D eigenvalue weighted by Crippen LogP contribution is -2.07. The molecule has 0 atom stereocenters. The highest BCUT2D eigenvalue weighted by Crippen LogP contribution is 2.24. The van der Waals surface area contributed by atoms with E-state index in [9.17, 15) is 0 Å². The second-order valence-electron chi connectivity index (χ2n) is 3.56. The van der Waals surface area contributed by atoms with Crippen LogP contribution in [0.5, 0.6) is 5.75 Å². The van der Waals surface area contributed by atoms with Crippen LogP contribution in [0.2, 0.25) is 0 Å². The van der Waals surface area contributed by atoms with Gasteiger partial charge in [0.1, 0.15) is 5.75 Å². The Morgan fingerprint density at radius 3 is 2.64 bits per heavy atom. The van der Waals surface area contributed by atoms with E-state index in [1.807, 2.05) is 26.8 Å². The van der Waals surface area contributed by atoms with Crippen LogP contribution in [0.1, 0.15) is 26.4 Å². The molecule has 78 valence electrons. The fourth-order valence-electron chi connectivity index (χ4n) is 1.23. The van der Waals surface area contributed by atoms with Gasteiger partial charge in [0.2, 0.25) is 0 Å². The van der Waals surface area contributed by atoms with Gasteiger partial charge in [-0.2, -0.15) is 0 Å². The monoisotopic (exact) mass is 194 g/mol. The second kappa shape index (κ2) is 4.13. The number of nitrogens with one attached hydrogen (secondary N) is 1. The molecule has 3 N–H and O–H groups in total. The lowest BCUT2D eigenvalue weighted by molar-refractivity contribution is 0.241. The maximum atomic E-state index is 7.17. The molecule has 1 rings (SSSR count). The molecule has 1 aromatic carbocycles. The Balaban J connectivity index is 0.00000196. The van der Waals surface area contributed by atoms with Crippen LogP contribution in [-0.4, -0.2) is 12.3 Å². The highest BCUT2D eigenvalue weighted by atomic mass is 16.5. The standard InChI is InChI=1S/C11H16N2O.H2/c1-7(2)14-11-5-9(6-12)10(13)4-8(11)3;/h4-7,12H,13H2,1-3H3;1H. The molecule has 0 saturated heterocycles. The third-order valence-electron chi connectivity index (χ3n) is 1.90. The lowest BCUT2D eigenvalue weighted by atomic mass is 10.1. The van der Waals surface area contributed by atoms with Crippen molar-refractivity contribution >= 4 is 11.9 Å². The van der Waals surface area contributed by atoms with E-state index in [2.05, 4.69) is 0 Å². The molecule has 0 aliphatic carbocycles. The summed E-state index contributed by atoms with van der Waals surface area (Å²) >= 11 is 0. The number of aryl methyl sites for hydroxylation is 1. The van der Waals surface area contributed by atoms with Crippen molar-refractivity contribution in [1.82, 2.24) is 0 Å². The third-order valence-corrected chi connectivity index (χ3v) is 1.90. The maximum Gasteiger partial charge on any atom is 0.123 e. The van der Waals surface area contributed by atoms with Crippen LogP contribution in [0.15, 0.2) is 12.1 Å². The quantitative estimate of drug-likeness (QED) is 0.574. The summed E-state index contributed by atoms with van der Waals surface area (Å²) in [4.78, 5) is 0. The molecule has 3 heteroatoms. The zero-order valence-electron chi connectivity index (χ0n) is 8.79.